The van der Waals surface area contributed by atoms with Crippen LogP contribution in [0, 0.1) is 0 Å². The third-order valence-electron chi connectivity index (χ3n) is 2.70. The van der Waals surface area contributed by atoms with Crippen molar-refractivity contribution in [2.24, 2.45) is 0 Å². The van der Waals surface area contributed by atoms with E-state index in [0.717, 1.165) is 37.6 Å². The maximum Gasteiger partial charge on any atom is 0.0722 e. The molecule has 1 heterocycles. The predicted molar refractivity (Wildman–Crippen MR) is 59.8 cm³/mol. The van der Waals surface area contributed by atoms with E-state index in [9.17, 15) is 5.11 Å². The van der Waals surface area contributed by atoms with E-state index >= 15 is 0 Å². The third-order valence-corrected chi connectivity index (χ3v) is 2.70. The molecule has 0 aliphatic carbocycles. The van der Waals surface area contributed by atoms with Gasteiger partial charge in [-0.15, -0.1) is 0 Å². The van der Waals surface area contributed by atoms with Crippen molar-refractivity contribution in [2.75, 3.05) is 36.9 Å². The molecule has 15 heavy (non-hydrogen) atoms. The fraction of sp³-hybridized carbons (Fsp3) is 0.455. The second-order valence-corrected chi connectivity index (χ2v) is 3.60. The summed E-state index contributed by atoms with van der Waals surface area (Å²) >= 11 is 0. The number of ether oxygens (including phenoxy) is 1. The SMILES string of the molecule is Nc1cccc(N2CCOCC2)c1CO. The Hall–Kier alpha value is -1.26. The maximum atomic E-state index is 9.29. The van der Waals surface area contributed by atoms with Gasteiger partial charge in [0.05, 0.1) is 19.8 Å². The summed E-state index contributed by atoms with van der Waals surface area (Å²) in [7, 11) is 0. The van der Waals surface area contributed by atoms with E-state index in [1.54, 1.807) is 0 Å². The first-order valence-electron chi connectivity index (χ1n) is 5.14. The van der Waals surface area contributed by atoms with Gasteiger partial charge in [0.15, 0.2) is 0 Å². The van der Waals surface area contributed by atoms with Gasteiger partial charge >= 0.3 is 0 Å². The molecular formula is C11H16N2O2. The van der Waals surface area contributed by atoms with Crippen LogP contribution in [0.15, 0.2) is 18.2 Å². The standard InChI is InChI=1S/C11H16N2O2/c12-10-2-1-3-11(9(10)8-14)13-4-6-15-7-5-13/h1-3,14H,4-8,12H2. The number of aliphatic hydroxyl groups excluding tert-OH is 1. The van der Waals surface area contributed by atoms with Crippen molar-refractivity contribution in [3.8, 4) is 0 Å². The van der Waals surface area contributed by atoms with Crippen LogP contribution in [0.5, 0.6) is 0 Å². The molecule has 0 aromatic heterocycles. The van der Waals surface area contributed by atoms with Gasteiger partial charge in [-0.3, -0.25) is 0 Å². The second-order valence-electron chi connectivity index (χ2n) is 3.60. The Bertz CT molecular complexity index is 335. The van der Waals surface area contributed by atoms with Gasteiger partial charge in [-0.1, -0.05) is 6.07 Å². The minimum absolute atomic E-state index is 0.0145. The predicted octanol–water partition coefficient (Wildman–Crippen LogP) is 0.598. The fourth-order valence-corrected chi connectivity index (χ4v) is 1.86. The van der Waals surface area contributed by atoms with Gasteiger partial charge in [-0.25, -0.2) is 0 Å². The third kappa shape index (κ3) is 2.06. The van der Waals surface area contributed by atoms with Crippen LogP contribution in [0.3, 0.4) is 0 Å². The van der Waals surface area contributed by atoms with Gasteiger partial charge in [0.1, 0.15) is 0 Å². The van der Waals surface area contributed by atoms with Gasteiger partial charge in [0.2, 0.25) is 0 Å². The van der Waals surface area contributed by atoms with Crippen LogP contribution < -0.4 is 10.6 Å². The molecule has 0 unspecified atom stereocenters. The van der Waals surface area contributed by atoms with Crippen LogP contribution in [-0.4, -0.2) is 31.4 Å². The van der Waals surface area contributed by atoms with Crippen molar-refractivity contribution in [1.29, 1.82) is 0 Å². The molecule has 0 atom stereocenters. The highest BCUT2D eigenvalue weighted by Gasteiger charge is 2.15. The first-order valence-corrected chi connectivity index (χ1v) is 5.14. The molecule has 0 spiro atoms. The van der Waals surface area contributed by atoms with E-state index in [-0.39, 0.29) is 6.61 Å². The maximum absolute atomic E-state index is 9.29. The number of hydrogen-bond acceptors (Lipinski definition) is 4. The molecule has 1 aromatic carbocycles. The molecule has 4 heteroatoms. The molecule has 1 saturated heterocycles. The van der Waals surface area contributed by atoms with Crippen LogP contribution in [0.2, 0.25) is 0 Å². The first kappa shape index (κ1) is 10.3. The summed E-state index contributed by atoms with van der Waals surface area (Å²) in [5.74, 6) is 0. The van der Waals surface area contributed by atoms with Crippen LogP contribution >= 0.6 is 0 Å². The molecule has 1 fully saturated rings. The Kier molecular flexibility index (Phi) is 3.08. The zero-order chi connectivity index (χ0) is 10.7. The molecule has 1 aliphatic heterocycles. The van der Waals surface area contributed by atoms with E-state index in [0.29, 0.717) is 5.69 Å². The highest BCUT2D eigenvalue weighted by molar-refractivity contribution is 5.64. The summed E-state index contributed by atoms with van der Waals surface area (Å²) in [4.78, 5) is 2.20. The number of nitrogen functional groups attached to an aromatic ring is 1. The zero-order valence-corrected chi connectivity index (χ0v) is 8.65. The molecule has 82 valence electrons. The number of morpholine rings is 1. The highest BCUT2D eigenvalue weighted by Crippen LogP contribution is 2.26. The summed E-state index contributed by atoms with van der Waals surface area (Å²) in [5, 5.41) is 9.29. The van der Waals surface area contributed by atoms with Crippen LogP contribution in [0.25, 0.3) is 0 Å². The van der Waals surface area contributed by atoms with Crippen LogP contribution in [0.4, 0.5) is 11.4 Å². The van der Waals surface area contributed by atoms with Crippen molar-refractivity contribution in [1.82, 2.24) is 0 Å². The quantitative estimate of drug-likeness (QED) is 0.699. The van der Waals surface area contributed by atoms with Gasteiger partial charge in [0, 0.05) is 30.0 Å². The van der Waals surface area contributed by atoms with Crippen molar-refractivity contribution in [3.05, 3.63) is 23.8 Å². The lowest BCUT2D eigenvalue weighted by molar-refractivity contribution is 0.122. The Morgan fingerprint density at radius 1 is 1.33 bits per heavy atom. The van der Waals surface area contributed by atoms with Crippen molar-refractivity contribution in [2.45, 2.75) is 6.61 Å². The monoisotopic (exact) mass is 208 g/mol. The van der Waals surface area contributed by atoms with Gasteiger partial charge < -0.3 is 20.5 Å². The highest BCUT2D eigenvalue weighted by atomic mass is 16.5. The number of rotatable bonds is 2. The molecular weight excluding hydrogens is 192 g/mol. The lowest BCUT2D eigenvalue weighted by Gasteiger charge is -2.30. The van der Waals surface area contributed by atoms with E-state index in [2.05, 4.69) is 4.90 Å². The number of nitrogens with zero attached hydrogens (tertiary/aromatic N) is 1. The molecule has 1 aromatic rings. The Morgan fingerprint density at radius 2 is 2.07 bits per heavy atom. The average molecular weight is 208 g/mol. The van der Waals surface area contributed by atoms with Crippen molar-refractivity contribution in [3.63, 3.8) is 0 Å². The van der Waals surface area contributed by atoms with Crippen molar-refractivity contribution < 1.29 is 9.84 Å². The minimum atomic E-state index is -0.0145. The average Bonchev–Trinajstić information content (AvgIpc) is 2.30. The smallest absolute Gasteiger partial charge is 0.0722 e. The molecule has 0 saturated carbocycles. The lowest BCUT2D eigenvalue weighted by atomic mass is 10.1. The minimum Gasteiger partial charge on any atom is -0.398 e. The first-order chi connectivity index (χ1) is 7.33. The molecule has 3 N–H and O–H groups in total. The molecule has 0 radical (unpaired) electrons. The summed E-state index contributed by atoms with van der Waals surface area (Å²) in [6.45, 7) is 3.17. The largest absolute Gasteiger partial charge is 0.398 e. The normalized spacial score (nSPS) is 16.7. The number of anilines is 2. The van der Waals surface area contributed by atoms with E-state index in [1.165, 1.54) is 0 Å². The summed E-state index contributed by atoms with van der Waals surface area (Å²) in [6, 6.07) is 5.72. The van der Waals surface area contributed by atoms with E-state index in [1.807, 2.05) is 18.2 Å². The molecule has 4 nitrogen and oxygen atoms in total. The zero-order valence-electron chi connectivity index (χ0n) is 8.65. The fourth-order valence-electron chi connectivity index (χ4n) is 1.86. The van der Waals surface area contributed by atoms with Gasteiger partial charge in [0.25, 0.3) is 0 Å². The van der Waals surface area contributed by atoms with Gasteiger partial charge in [-0.05, 0) is 12.1 Å². The van der Waals surface area contributed by atoms with Crippen LogP contribution in [-0.2, 0) is 11.3 Å². The van der Waals surface area contributed by atoms with Crippen LogP contribution in [0.1, 0.15) is 5.56 Å². The Morgan fingerprint density at radius 3 is 2.73 bits per heavy atom. The summed E-state index contributed by atoms with van der Waals surface area (Å²) < 4.78 is 5.29. The molecule has 0 amide bonds. The number of aliphatic hydroxyl groups is 1. The molecule has 1 aliphatic rings. The van der Waals surface area contributed by atoms with E-state index in [4.69, 9.17) is 10.5 Å². The Balaban J connectivity index is 2.29. The van der Waals surface area contributed by atoms with Crippen molar-refractivity contribution >= 4 is 11.4 Å². The summed E-state index contributed by atoms with van der Waals surface area (Å²) in [5.41, 5.74) is 8.32. The van der Waals surface area contributed by atoms with E-state index < -0.39 is 0 Å². The number of hydrogen-bond donors (Lipinski definition) is 2. The van der Waals surface area contributed by atoms with Gasteiger partial charge in [-0.2, -0.15) is 0 Å². The topological polar surface area (TPSA) is 58.7 Å². The molecule has 0 bridgehead atoms. The number of benzene rings is 1. The summed E-state index contributed by atoms with van der Waals surface area (Å²) in [6.07, 6.45) is 0. The second kappa shape index (κ2) is 4.51. The lowest BCUT2D eigenvalue weighted by Crippen LogP contribution is -2.36. The number of nitrogens with two attached hydrogens (primary N) is 1. The Labute approximate surface area is 89.3 Å². The molecule has 2 rings (SSSR count).